The summed E-state index contributed by atoms with van der Waals surface area (Å²) >= 11 is 0. The number of anilines is 1. The maximum atomic E-state index is 12.8. The fourth-order valence-electron chi connectivity index (χ4n) is 3.71. The summed E-state index contributed by atoms with van der Waals surface area (Å²) in [4.78, 5) is 37.0. The van der Waals surface area contributed by atoms with Crippen LogP contribution in [0, 0.1) is 16.0 Å². The molecule has 9 nitrogen and oxygen atoms in total. The maximum Gasteiger partial charge on any atom is 0.270 e. The molecule has 1 aromatic rings. The number of carbonyl (C=O) groups excluding carboxylic acids is 2. The first-order chi connectivity index (χ1) is 13.0. The van der Waals surface area contributed by atoms with Crippen molar-refractivity contribution in [2.45, 2.75) is 31.7 Å². The minimum Gasteiger partial charge on any atom is -0.398 e. The Morgan fingerprint density at radius 1 is 1.32 bits per heavy atom. The number of nitrogens with zero attached hydrogens (tertiary/aromatic N) is 2. The lowest BCUT2D eigenvalue weighted by atomic mass is 9.97. The first-order valence-corrected chi connectivity index (χ1v) is 9.30. The summed E-state index contributed by atoms with van der Waals surface area (Å²) in [6, 6.07) is 3.80. The number of non-ortho nitro benzene ring substituents is 1. The molecule has 0 radical (unpaired) electrons. The van der Waals surface area contributed by atoms with Crippen LogP contribution >= 0.6 is 12.4 Å². The van der Waals surface area contributed by atoms with E-state index in [2.05, 4.69) is 10.6 Å². The van der Waals surface area contributed by atoms with Gasteiger partial charge in [0, 0.05) is 37.5 Å². The zero-order chi connectivity index (χ0) is 19.4. The molecule has 2 aliphatic heterocycles. The van der Waals surface area contributed by atoms with Crippen LogP contribution in [0.2, 0.25) is 0 Å². The number of nitrogen functional groups attached to an aromatic ring is 1. The van der Waals surface area contributed by atoms with E-state index < -0.39 is 4.92 Å². The number of nitro groups is 1. The Bertz CT molecular complexity index is 739. The minimum atomic E-state index is -0.540. The second-order valence-corrected chi connectivity index (χ2v) is 7.18. The number of rotatable bonds is 5. The van der Waals surface area contributed by atoms with Gasteiger partial charge in [0.25, 0.3) is 11.6 Å². The van der Waals surface area contributed by atoms with Gasteiger partial charge in [0.15, 0.2) is 0 Å². The van der Waals surface area contributed by atoms with Crippen LogP contribution < -0.4 is 16.4 Å². The van der Waals surface area contributed by atoms with E-state index in [0.29, 0.717) is 19.6 Å². The van der Waals surface area contributed by atoms with Crippen molar-refractivity contribution >= 4 is 35.6 Å². The highest BCUT2D eigenvalue weighted by Gasteiger charge is 2.28. The number of nitrogens with one attached hydrogen (secondary N) is 2. The van der Waals surface area contributed by atoms with Gasteiger partial charge in [-0.2, -0.15) is 0 Å². The average molecular weight is 412 g/mol. The summed E-state index contributed by atoms with van der Waals surface area (Å²) < 4.78 is 0. The van der Waals surface area contributed by atoms with E-state index in [1.807, 2.05) is 0 Å². The van der Waals surface area contributed by atoms with Gasteiger partial charge >= 0.3 is 0 Å². The molecule has 0 aromatic heterocycles. The van der Waals surface area contributed by atoms with Crippen molar-refractivity contribution < 1.29 is 14.5 Å². The van der Waals surface area contributed by atoms with Crippen molar-refractivity contribution in [1.29, 1.82) is 0 Å². The van der Waals surface area contributed by atoms with Crippen molar-refractivity contribution in [3.05, 3.63) is 33.9 Å². The van der Waals surface area contributed by atoms with E-state index in [-0.39, 0.29) is 53.1 Å². The monoisotopic (exact) mass is 411 g/mol. The summed E-state index contributed by atoms with van der Waals surface area (Å²) in [5, 5.41) is 17.1. The zero-order valence-corrected chi connectivity index (χ0v) is 16.4. The van der Waals surface area contributed by atoms with Crippen molar-refractivity contribution in [3.8, 4) is 0 Å². The first kappa shape index (κ1) is 21.9. The molecule has 2 amide bonds. The zero-order valence-electron chi connectivity index (χ0n) is 15.6. The average Bonchev–Trinajstić information content (AvgIpc) is 3.21. The molecule has 2 fully saturated rings. The largest absolute Gasteiger partial charge is 0.398 e. The van der Waals surface area contributed by atoms with Crippen LogP contribution in [0.3, 0.4) is 0 Å². The molecule has 1 aromatic carbocycles. The quantitative estimate of drug-likeness (QED) is 0.380. The van der Waals surface area contributed by atoms with Gasteiger partial charge in [0.1, 0.15) is 0 Å². The molecule has 3 rings (SSSR count). The summed E-state index contributed by atoms with van der Waals surface area (Å²) in [6.45, 7) is 2.47. The highest BCUT2D eigenvalue weighted by atomic mass is 35.5. The Labute approximate surface area is 169 Å². The summed E-state index contributed by atoms with van der Waals surface area (Å²) in [5.74, 6) is -0.128. The van der Waals surface area contributed by atoms with Crippen molar-refractivity contribution in [2.24, 2.45) is 5.92 Å². The molecular weight excluding hydrogens is 386 g/mol. The van der Waals surface area contributed by atoms with Crippen molar-refractivity contribution in [2.75, 3.05) is 31.9 Å². The Morgan fingerprint density at radius 2 is 2.11 bits per heavy atom. The lowest BCUT2D eigenvalue weighted by molar-refractivity contribution is -0.384. The molecule has 0 spiro atoms. The third-order valence-electron chi connectivity index (χ3n) is 5.23. The molecule has 2 heterocycles. The standard InChI is InChI=1S/C18H25N5O4.ClH/c19-15-6-5-13(23(26)27)9-14(15)18(25)22-8-2-3-12(11-22)10-21-17(24)16-4-1-7-20-16;/h5-6,9,12,16,20H,1-4,7-8,10-11,19H2,(H,21,24);1H. The number of hydrogen-bond donors (Lipinski definition) is 3. The number of halogens is 1. The van der Waals surface area contributed by atoms with Crippen molar-refractivity contribution in [3.63, 3.8) is 0 Å². The second-order valence-electron chi connectivity index (χ2n) is 7.18. The highest BCUT2D eigenvalue weighted by molar-refractivity contribution is 5.99. The predicted molar refractivity (Wildman–Crippen MR) is 107 cm³/mol. The number of piperidine rings is 1. The molecule has 2 unspecified atom stereocenters. The smallest absolute Gasteiger partial charge is 0.270 e. The molecule has 0 aliphatic carbocycles. The SMILES string of the molecule is Cl.Nc1ccc([N+](=O)[O-])cc1C(=O)N1CCCC(CNC(=O)C2CCCN2)C1. The topological polar surface area (TPSA) is 131 Å². The number of likely N-dealkylation sites (tertiary alicyclic amines) is 1. The van der Waals surface area contributed by atoms with Crippen LogP contribution in [0.15, 0.2) is 18.2 Å². The van der Waals surface area contributed by atoms with E-state index in [4.69, 9.17) is 5.73 Å². The van der Waals surface area contributed by atoms with Crippen LogP contribution in [0.1, 0.15) is 36.0 Å². The molecule has 154 valence electrons. The molecule has 2 aliphatic rings. The number of carbonyl (C=O) groups is 2. The number of benzene rings is 1. The molecular formula is C18H26ClN5O4. The Hall–Kier alpha value is -2.39. The first-order valence-electron chi connectivity index (χ1n) is 9.30. The van der Waals surface area contributed by atoms with Gasteiger partial charge in [-0.3, -0.25) is 19.7 Å². The van der Waals surface area contributed by atoms with Gasteiger partial charge in [-0.15, -0.1) is 12.4 Å². The lowest BCUT2D eigenvalue weighted by Gasteiger charge is -2.33. The number of amides is 2. The Balaban J connectivity index is 0.00000280. The third kappa shape index (κ3) is 5.11. The molecule has 4 N–H and O–H groups in total. The van der Waals surface area contributed by atoms with Crippen LogP contribution in [0.4, 0.5) is 11.4 Å². The van der Waals surface area contributed by atoms with Crippen LogP contribution in [-0.2, 0) is 4.79 Å². The van der Waals surface area contributed by atoms with Gasteiger partial charge in [-0.05, 0) is 44.2 Å². The number of nitro benzene ring substituents is 1. The third-order valence-corrected chi connectivity index (χ3v) is 5.23. The fraction of sp³-hybridized carbons (Fsp3) is 0.556. The van der Waals surface area contributed by atoms with Gasteiger partial charge < -0.3 is 21.3 Å². The summed E-state index contributed by atoms with van der Waals surface area (Å²) in [7, 11) is 0. The molecule has 28 heavy (non-hydrogen) atoms. The van der Waals surface area contributed by atoms with Crippen LogP contribution in [0.25, 0.3) is 0 Å². The van der Waals surface area contributed by atoms with Crippen LogP contribution in [-0.4, -0.2) is 53.9 Å². The minimum absolute atomic E-state index is 0. The lowest BCUT2D eigenvalue weighted by Crippen LogP contribution is -2.46. The normalized spacial score (nSPS) is 21.6. The number of nitrogens with two attached hydrogens (primary N) is 1. The molecule has 2 atom stereocenters. The number of hydrogen-bond acceptors (Lipinski definition) is 6. The summed E-state index contributed by atoms with van der Waals surface area (Å²) in [5.41, 5.74) is 6.10. The molecule has 0 saturated carbocycles. The maximum absolute atomic E-state index is 12.8. The van der Waals surface area contributed by atoms with Gasteiger partial charge in [0.2, 0.25) is 5.91 Å². The van der Waals surface area contributed by atoms with Gasteiger partial charge in [-0.25, -0.2) is 0 Å². The second kappa shape index (κ2) is 9.70. The fourth-order valence-corrected chi connectivity index (χ4v) is 3.71. The molecule has 0 bridgehead atoms. The van der Waals surface area contributed by atoms with Crippen molar-refractivity contribution in [1.82, 2.24) is 15.5 Å². The molecule has 10 heteroatoms. The van der Waals surface area contributed by atoms with E-state index >= 15 is 0 Å². The van der Waals surface area contributed by atoms with E-state index in [9.17, 15) is 19.7 Å². The highest BCUT2D eigenvalue weighted by Crippen LogP contribution is 2.24. The van der Waals surface area contributed by atoms with E-state index in [1.165, 1.54) is 18.2 Å². The van der Waals surface area contributed by atoms with Gasteiger partial charge in [0.05, 0.1) is 16.5 Å². The van der Waals surface area contributed by atoms with E-state index in [0.717, 1.165) is 32.2 Å². The van der Waals surface area contributed by atoms with Gasteiger partial charge in [-0.1, -0.05) is 0 Å². The van der Waals surface area contributed by atoms with Crippen LogP contribution in [0.5, 0.6) is 0 Å². The summed E-state index contributed by atoms with van der Waals surface area (Å²) in [6.07, 6.45) is 3.61. The molecule has 2 saturated heterocycles. The predicted octanol–water partition coefficient (Wildman–Crippen LogP) is 1.32. The Morgan fingerprint density at radius 3 is 2.79 bits per heavy atom. The van der Waals surface area contributed by atoms with E-state index in [1.54, 1.807) is 4.90 Å². The Kier molecular flexibility index (Phi) is 7.59.